The number of rotatable bonds is 6. The average Bonchev–Trinajstić information content (AvgIpc) is 3.49. The van der Waals surface area contributed by atoms with E-state index < -0.39 is 0 Å². The lowest BCUT2D eigenvalue weighted by atomic mass is 9.94. The Morgan fingerprint density at radius 1 is 0.620 bits per heavy atom. The second kappa shape index (κ2) is 12.2. The highest BCUT2D eigenvalue weighted by atomic mass is 15.1. The lowest BCUT2D eigenvalue weighted by Crippen LogP contribution is -2.24. The zero-order valence-corrected chi connectivity index (χ0v) is 27.8. The van der Waals surface area contributed by atoms with Gasteiger partial charge in [0, 0.05) is 22.2 Å². The van der Waals surface area contributed by atoms with Gasteiger partial charge in [0.05, 0.1) is 16.7 Å². The number of aromatic nitrogens is 1. The molecule has 238 valence electrons. The second-order valence-electron chi connectivity index (χ2n) is 13.0. The number of fused-ring (bicyclic) bond motifs is 4. The summed E-state index contributed by atoms with van der Waals surface area (Å²) in [6.45, 7) is 6.42. The van der Waals surface area contributed by atoms with Crippen molar-refractivity contribution in [1.29, 1.82) is 0 Å². The Bertz CT molecular complexity index is 2620. The number of nitrogens with zero attached hydrogens (tertiary/aromatic N) is 2. The van der Waals surface area contributed by atoms with E-state index in [1.807, 2.05) is 18.2 Å². The molecule has 3 heteroatoms. The van der Waals surface area contributed by atoms with Crippen LogP contribution in [0.15, 0.2) is 175 Å². The standard InChI is InChI=1S/C47H35N3/c1-3-32-27-45-42(29-40(32)39-21-13-10-14-31(39)2)41-26-36-19-11-12-20-37(36)28-46(41)50(45)38-24-22-35(23-25-38)47-48-43(33-15-6-4-7-16-33)30-44(49-47)34-17-8-5-9-18-34/h3-30,47-48H,1H2,2H3. The van der Waals surface area contributed by atoms with Gasteiger partial charge >= 0.3 is 0 Å². The average molecular weight is 642 g/mol. The first-order valence-corrected chi connectivity index (χ1v) is 17.1. The Morgan fingerprint density at radius 3 is 1.96 bits per heavy atom. The van der Waals surface area contributed by atoms with E-state index in [1.54, 1.807) is 0 Å². The molecule has 1 unspecified atom stereocenters. The third-order valence-electron chi connectivity index (χ3n) is 9.92. The molecule has 0 fully saturated rings. The van der Waals surface area contributed by atoms with Crippen LogP contribution in [-0.2, 0) is 0 Å². The van der Waals surface area contributed by atoms with Gasteiger partial charge in [-0.2, -0.15) is 0 Å². The molecule has 0 saturated carbocycles. The number of benzene rings is 7. The van der Waals surface area contributed by atoms with E-state index in [2.05, 4.69) is 175 Å². The van der Waals surface area contributed by atoms with Crippen LogP contribution in [0.3, 0.4) is 0 Å². The molecule has 2 heterocycles. The molecule has 1 atom stereocenters. The Balaban J connectivity index is 1.20. The summed E-state index contributed by atoms with van der Waals surface area (Å²) in [6.07, 6.45) is 3.91. The van der Waals surface area contributed by atoms with Gasteiger partial charge in [0.15, 0.2) is 0 Å². The van der Waals surface area contributed by atoms with Gasteiger partial charge in [-0.15, -0.1) is 0 Å². The highest BCUT2D eigenvalue weighted by molar-refractivity contribution is 6.15. The van der Waals surface area contributed by atoms with Crippen molar-refractivity contribution < 1.29 is 0 Å². The van der Waals surface area contributed by atoms with Crippen LogP contribution in [0.5, 0.6) is 0 Å². The molecular formula is C47H35N3. The van der Waals surface area contributed by atoms with E-state index in [1.165, 1.54) is 43.8 Å². The van der Waals surface area contributed by atoms with Crippen molar-refractivity contribution in [1.82, 2.24) is 9.88 Å². The molecule has 0 bridgehead atoms. The minimum absolute atomic E-state index is 0.231. The quantitative estimate of drug-likeness (QED) is 0.192. The molecule has 0 spiro atoms. The van der Waals surface area contributed by atoms with E-state index in [0.717, 1.165) is 44.9 Å². The molecule has 1 aromatic heterocycles. The molecule has 1 N–H and O–H groups in total. The minimum atomic E-state index is -0.231. The van der Waals surface area contributed by atoms with E-state index in [9.17, 15) is 0 Å². The van der Waals surface area contributed by atoms with Gasteiger partial charge in [-0.05, 0) is 99.1 Å². The highest BCUT2D eigenvalue weighted by Gasteiger charge is 2.21. The van der Waals surface area contributed by atoms with Gasteiger partial charge in [-0.25, -0.2) is 0 Å². The molecule has 3 nitrogen and oxygen atoms in total. The molecule has 50 heavy (non-hydrogen) atoms. The van der Waals surface area contributed by atoms with E-state index in [-0.39, 0.29) is 6.17 Å². The first-order valence-electron chi connectivity index (χ1n) is 17.1. The molecule has 0 saturated heterocycles. The zero-order valence-electron chi connectivity index (χ0n) is 27.8. The molecule has 1 aliphatic heterocycles. The molecule has 0 radical (unpaired) electrons. The summed E-state index contributed by atoms with van der Waals surface area (Å²) in [7, 11) is 0. The summed E-state index contributed by atoms with van der Waals surface area (Å²) in [4.78, 5) is 5.20. The van der Waals surface area contributed by atoms with Crippen LogP contribution < -0.4 is 5.32 Å². The minimum Gasteiger partial charge on any atom is -0.360 e. The van der Waals surface area contributed by atoms with Crippen molar-refractivity contribution in [2.24, 2.45) is 4.99 Å². The zero-order chi connectivity index (χ0) is 33.6. The first-order chi connectivity index (χ1) is 24.6. The summed E-state index contributed by atoms with van der Waals surface area (Å²) in [6, 6.07) is 56.3. The number of hydrogen-bond acceptors (Lipinski definition) is 2. The van der Waals surface area contributed by atoms with E-state index in [0.29, 0.717) is 0 Å². The predicted octanol–water partition coefficient (Wildman–Crippen LogP) is 11.7. The fourth-order valence-electron chi connectivity index (χ4n) is 7.37. The first kappa shape index (κ1) is 29.7. The molecule has 7 aromatic carbocycles. The summed E-state index contributed by atoms with van der Waals surface area (Å²) in [5.74, 6) is 0. The van der Waals surface area contributed by atoms with Gasteiger partial charge in [0.1, 0.15) is 6.17 Å². The molecule has 0 amide bonds. The number of aliphatic imine (C=N–C) groups is 1. The fraction of sp³-hybridized carbons (Fsp3) is 0.0426. The van der Waals surface area contributed by atoms with Crippen LogP contribution >= 0.6 is 0 Å². The van der Waals surface area contributed by atoms with Crippen LogP contribution in [-0.4, -0.2) is 10.3 Å². The van der Waals surface area contributed by atoms with Gasteiger partial charge in [0.25, 0.3) is 0 Å². The Labute approximate surface area is 292 Å². The van der Waals surface area contributed by atoms with E-state index in [4.69, 9.17) is 4.99 Å². The monoisotopic (exact) mass is 641 g/mol. The van der Waals surface area contributed by atoms with Crippen molar-refractivity contribution in [2.75, 3.05) is 0 Å². The predicted molar refractivity (Wildman–Crippen MR) is 212 cm³/mol. The van der Waals surface area contributed by atoms with Crippen LogP contribution in [0.1, 0.15) is 34.0 Å². The van der Waals surface area contributed by atoms with Crippen molar-refractivity contribution in [3.63, 3.8) is 0 Å². The summed E-state index contributed by atoms with van der Waals surface area (Å²) in [5.41, 5.74) is 13.6. The largest absolute Gasteiger partial charge is 0.360 e. The Morgan fingerprint density at radius 2 is 1.24 bits per heavy atom. The van der Waals surface area contributed by atoms with Gasteiger partial charge in [-0.3, -0.25) is 4.99 Å². The maximum Gasteiger partial charge on any atom is 0.145 e. The van der Waals surface area contributed by atoms with Crippen LogP contribution in [0, 0.1) is 6.92 Å². The second-order valence-corrected chi connectivity index (χ2v) is 13.0. The van der Waals surface area contributed by atoms with Gasteiger partial charge in [0.2, 0.25) is 0 Å². The highest BCUT2D eigenvalue weighted by Crippen LogP contribution is 2.40. The van der Waals surface area contributed by atoms with Crippen molar-refractivity contribution in [3.8, 4) is 16.8 Å². The number of hydrogen-bond donors (Lipinski definition) is 1. The number of nitrogens with one attached hydrogen (secondary N) is 1. The summed E-state index contributed by atoms with van der Waals surface area (Å²) >= 11 is 0. The lowest BCUT2D eigenvalue weighted by Gasteiger charge is -2.25. The smallest absolute Gasteiger partial charge is 0.145 e. The molecule has 1 aliphatic rings. The number of allylic oxidation sites excluding steroid dienone is 1. The van der Waals surface area contributed by atoms with Crippen LogP contribution in [0.4, 0.5) is 0 Å². The molecular weight excluding hydrogens is 607 g/mol. The lowest BCUT2D eigenvalue weighted by molar-refractivity contribution is 0.664. The fourth-order valence-corrected chi connectivity index (χ4v) is 7.37. The van der Waals surface area contributed by atoms with Crippen LogP contribution in [0.2, 0.25) is 0 Å². The SMILES string of the molecule is C=Cc1cc2c(cc1-c1ccccc1C)c1cc3ccccc3cc1n2-c1ccc(C2N=C(c3ccccc3)C=C(c3ccccc3)N2)cc1. The van der Waals surface area contributed by atoms with E-state index >= 15 is 0 Å². The number of aryl methyl sites for hydroxylation is 1. The Hall–Kier alpha value is -6.45. The molecule has 8 aromatic rings. The van der Waals surface area contributed by atoms with Crippen LogP contribution in [0.25, 0.3) is 61.2 Å². The van der Waals surface area contributed by atoms with Gasteiger partial charge < -0.3 is 9.88 Å². The molecule has 0 aliphatic carbocycles. The molecule has 9 rings (SSSR count). The third kappa shape index (κ3) is 5.12. The Kier molecular flexibility index (Phi) is 7.25. The third-order valence-corrected chi connectivity index (χ3v) is 9.92. The maximum absolute atomic E-state index is 5.20. The van der Waals surface area contributed by atoms with Crippen molar-refractivity contribution in [3.05, 3.63) is 198 Å². The maximum atomic E-state index is 5.20. The normalized spacial score (nSPS) is 14.4. The van der Waals surface area contributed by atoms with Crippen molar-refractivity contribution in [2.45, 2.75) is 13.1 Å². The topological polar surface area (TPSA) is 29.3 Å². The van der Waals surface area contributed by atoms with Crippen molar-refractivity contribution >= 4 is 50.1 Å². The summed E-state index contributed by atoms with van der Waals surface area (Å²) in [5, 5.41) is 8.63. The van der Waals surface area contributed by atoms with Gasteiger partial charge in [-0.1, -0.05) is 134 Å². The summed E-state index contributed by atoms with van der Waals surface area (Å²) < 4.78 is 2.40.